The van der Waals surface area contributed by atoms with Gasteiger partial charge in [-0.05, 0) is 30.9 Å². The molecule has 2 nitrogen and oxygen atoms in total. The lowest BCUT2D eigenvalue weighted by molar-refractivity contribution is 0.0777. The molecule has 0 spiro atoms. The van der Waals surface area contributed by atoms with Gasteiger partial charge in [-0.1, -0.05) is 32.9 Å². The van der Waals surface area contributed by atoms with Crippen molar-refractivity contribution in [1.29, 1.82) is 0 Å². The van der Waals surface area contributed by atoms with E-state index < -0.39 is 0 Å². The average Bonchev–Trinajstić information content (AvgIpc) is 2.51. The monoisotopic (exact) mass is 208 g/mol. The molecule has 1 rings (SSSR count). The molecule has 0 aromatic carbocycles. The van der Waals surface area contributed by atoms with Gasteiger partial charge in [0.2, 0.25) is 6.79 Å². The topological polar surface area (TPSA) is 18.5 Å². The largest absolute Gasteiger partial charge is 0.454 e. The lowest BCUT2D eigenvalue weighted by atomic mass is 9.92. The van der Waals surface area contributed by atoms with Gasteiger partial charge in [-0.2, -0.15) is 0 Å². The van der Waals surface area contributed by atoms with Crippen molar-refractivity contribution >= 4 is 0 Å². The summed E-state index contributed by atoms with van der Waals surface area (Å²) >= 11 is 0. The van der Waals surface area contributed by atoms with E-state index >= 15 is 0 Å². The van der Waals surface area contributed by atoms with Crippen LogP contribution < -0.4 is 0 Å². The van der Waals surface area contributed by atoms with Gasteiger partial charge in [0, 0.05) is 0 Å². The van der Waals surface area contributed by atoms with Crippen LogP contribution in [-0.2, 0) is 9.47 Å². The Hall–Kier alpha value is -1.18. The molecule has 84 valence electrons. The van der Waals surface area contributed by atoms with Crippen molar-refractivity contribution in [2.24, 2.45) is 5.41 Å². The molecule has 2 heteroatoms. The Kier molecular flexibility index (Phi) is 4.01. The van der Waals surface area contributed by atoms with E-state index in [-0.39, 0.29) is 0 Å². The normalized spacial score (nSPS) is 17.6. The molecule has 0 radical (unpaired) electrons. The Balaban J connectivity index is 2.60. The van der Waals surface area contributed by atoms with Crippen molar-refractivity contribution in [3.05, 3.63) is 35.8 Å². The number of hydrogen-bond acceptors (Lipinski definition) is 2. The molecule has 0 atom stereocenters. The average molecular weight is 208 g/mol. The van der Waals surface area contributed by atoms with Crippen molar-refractivity contribution in [2.45, 2.75) is 34.1 Å². The number of ether oxygens (including phenoxy) is 2. The molecule has 0 aliphatic carbocycles. The first-order chi connectivity index (χ1) is 7.03. The Morgan fingerprint density at radius 1 is 1.13 bits per heavy atom. The van der Waals surface area contributed by atoms with Gasteiger partial charge < -0.3 is 9.47 Å². The van der Waals surface area contributed by atoms with E-state index in [0.717, 1.165) is 17.9 Å². The summed E-state index contributed by atoms with van der Waals surface area (Å²) in [5.74, 6) is 1.65. The van der Waals surface area contributed by atoms with Gasteiger partial charge in [-0.15, -0.1) is 0 Å². The van der Waals surface area contributed by atoms with Gasteiger partial charge in [0.05, 0.1) is 0 Å². The summed E-state index contributed by atoms with van der Waals surface area (Å²) in [5, 5.41) is 0. The maximum atomic E-state index is 5.35. The molecule has 0 unspecified atom stereocenters. The lowest BCUT2D eigenvalue weighted by Crippen LogP contribution is -2.01. The third-order valence-electron chi connectivity index (χ3n) is 1.99. The van der Waals surface area contributed by atoms with Crippen LogP contribution in [0, 0.1) is 5.41 Å². The van der Waals surface area contributed by atoms with E-state index in [4.69, 9.17) is 9.47 Å². The van der Waals surface area contributed by atoms with Gasteiger partial charge >= 0.3 is 0 Å². The van der Waals surface area contributed by atoms with E-state index in [9.17, 15) is 0 Å². The highest BCUT2D eigenvalue weighted by Gasteiger charge is 2.12. The van der Waals surface area contributed by atoms with E-state index in [1.807, 2.05) is 25.2 Å². The van der Waals surface area contributed by atoms with Gasteiger partial charge in [-0.25, -0.2) is 0 Å². The van der Waals surface area contributed by atoms with Crippen LogP contribution in [0.1, 0.15) is 34.1 Å². The third-order valence-corrected chi connectivity index (χ3v) is 1.99. The van der Waals surface area contributed by atoms with Gasteiger partial charge in [0.15, 0.2) is 11.5 Å². The molecule has 1 aliphatic heterocycles. The number of hydrogen-bond donors (Lipinski definition) is 0. The second kappa shape index (κ2) is 5.06. The smallest absolute Gasteiger partial charge is 0.231 e. The van der Waals surface area contributed by atoms with Crippen LogP contribution >= 0.6 is 0 Å². The van der Waals surface area contributed by atoms with Crippen molar-refractivity contribution in [2.75, 3.05) is 6.79 Å². The molecule has 0 saturated carbocycles. The zero-order chi connectivity index (χ0) is 11.3. The number of rotatable bonds is 3. The van der Waals surface area contributed by atoms with Crippen LogP contribution in [0.25, 0.3) is 0 Å². The van der Waals surface area contributed by atoms with Crippen molar-refractivity contribution in [1.82, 2.24) is 0 Å². The number of allylic oxidation sites excluding steroid dienone is 4. The summed E-state index contributed by atoms with van der Waals surface area (Å²) in [7, 11) is 0. The predicted molar refractivity (Wildman–Crippen MR) is 62.1 cm³/mol. The summed E-state index contributed by atoms with van der Waals surface area (Å²) in [4.78, 5) is 0. The highest BCUT2D eigenvalue weighted by molar-refractivity contribution is 5.26. The summed E-state index contributed by atoms with van der Waals surface area (Å²) < 4.78 is 10.7. The molecule has 15 heavy (non-hydrogen) atoms. The zero-order valence-electron chi connectivity index (χ0n) is 10.0. The summed E-state index contributed by atoms with van der Waals surface area (Å²) in [6.07, 6.45) is 9.02. The fourth-order valence-electron chi connectivity index (χ4n) is 1.23. The third kappa shape index (κ3) is 4.24. The summed E-state index contributed by atoms with van der Waals surface area (Å²) in [6, 6.07) is 0. The first kappa shape index (κ1) is 11.9. The minimum atomic E-state index is 0.317. The first-order valence-corrected chi connectivity index (χ1v) is 5.32. The van der Waals surface area contributed by atoms with Gasteiger partial charge in [-0.3, -0.25) is 0 Å². The SMILES string of the molecule is CC=CC1=C(C=CCC(C)(C)C)OCO1. The molecule has 0 saturated heterocycles. The van der Waals surface area contributed by atoms with Crippen LogP contribution in [0.5, 0.6) is 0 Å². The van der Waals surface area contributed by atoms with Crippen LogP contribution in [-0.4, -0.2) is 6.79 Å². The summed E-state index contributed by atoms with van der Waals surface area (Å²) in [6.45, 7) is 8.93. The molecule has 0 bridgehead atoms. The fraction of sp³-hybridized carbons (Fsp3) is 0.538. The second-order valence-corrected chi connectivity index (χ2v) is 4.80. The molecular weight excluding hydrogens is 188 g/mol. The van der Waals surface area contributed by atoms with Crippen LogP contribution in [0.3, 0.4) is 0 Å². The molecule has 1 aliphatic rings. The quantitative estimate of drug-likeness (QED) is 0.703. The molecular formula is C13H20O2. The minimum Gasteiger partial charge on any atom is -0.454 e. The molecule has 0 fully saturated rings. The van der Waals surface area contributed by atoms with E-state index in [1.165, 1.54) is 0 Å². The molecule has 0 aromatic heterocycles. The maximum absolute atomic E-state index is 5.35. The maximum Gasteiger partial charge on any atom is 0.231 e. The Morgan fingerprint density at radius 2 is 1.73 bits per heavy atom. The minimum absolute atomic E-state index is 0.317. The van der Waals surface area contributed by atoms with E-state index in [1.54, 1.807) is 0 Å². The molecule has 0 N–H and O–H groups in total. The van der Waals surface area contributed by atoms with E-state index in [0.29, 0.717) is 12.2 Å². The standard InChI is InChI=1S/C13H20O2/c1-5-7-11-12(15-10-14-11)8-6-9-13(2,3)4/h5-8H,9-10H2,1-4H3. The molecule has 0 aromatic rings. The van der Waals surface area contributed by atoms with Gasteiger partial charge in [0.25, 0.3) is 0 Å². The highest BCUT2D eigenvalue weighted by Crippen LogP contribution is 2.22. The van der Waals surface area contributed by atoms with Gasteiger partial charge in [0.1, 0.15) is 0 Å². The zero-order valence-corrected chi connectivity index (χ0v) is 10.0. The molecule has 1 heterocycles. The Bertz CT molecular complexity index is 290. The Morgan fingerprint density at radius 3 is 2.27 bits per heavy atom. The fourth-order valence-corrected chi connectivity index (χ4v) is 1.23. The summed E-state index contributed by atoms with van der Waals surface area (Å²) in [5.41, 5.74) is 0.317. The second-order valence-electron chi connectivity index (χ2n) is 4.80. The van der Waals surface area contributed by atoms with Crippen LogP contribution in [0.4, 0.5) is 0 Å². The Labute approximate surface area is 92.3 Å². The van der Waals surface area contributed by atoms with E-state index in [2.05, 4.69) is 26.8 Å². The lowest BCUT2D eigenvalue weighted by Gasteiger charge is -2.14. The van der Waals surface area contributed by atoms with Crippen LogP contribution in [0.15, 0.2) is 35.8 Å². The van der Waals surface area contributed by atoms with Crippen molar-refractivity contribution < 1.29 is 9.47 Å². The molecule has 0 amide bonds. The van der Waals surface area contributed by atoms with Crippen LogP contribution in [0.2, 0.25) is 0 Å². The first-order valence-electron chi connectivity index (χ1n) is 5.32. The predicted octanol–water partition coefficient (Wildman–Crippen LogP) is 3.77. The highest BCUT2D eigenvalue weighted by atomic mass is 16.7. The van der Waals surface area contributed by atoms with Crippen molar-refractivity contribution in [3.8, 4) is 0 Å². The van der Waals surface area contributed by atoms with Crippen molar-refractivity contribution in [3.63, 3.8) is 0 Å².